The lowest BCUT2D eigenvalue weighted by atomic mass is 10.1. The van der Waals surface area contributed by atoms with E-state index in [1.54, 1.807) is 24.3 Å². The summed E-state index contributed by atoms with van der Waals surface area (Å²) >= 11 is 0. The molecule has 4 aromatic rings. The van der Waals surface area contributed by atoms with Crippen molar-refractivity contribution in [1.29, 1.82) is 0 Å². The third-order valence-electron chi connectivity index (χ3n) is 3.65. The van der Waals surface area contributed by atoms with Crippen LogP contribution in [0.5, 0.6) is 0 Å². The minimum absolute atomic E-state index is 0.0541. The molecule has 0 aliphatic rings. The number of hydrogen-bond donors (Lipinski definition) is 1. The average Bonchev–Trinajstić information content (AvgIpc) is 2.55. The molecule has 0 saturated heterocycles. The largest absolute Gasteiger partial charge is 0.439 e. The second-order valence-corrected chi connectivity index (χ2v) is 5.04. The molecule has 2 aromatic carbocycles. The number of aromatic nitrogens is 1. The van der Waals surface area contributed by atoms with Crippen LogP contribution in [-0.2, 0) is 0 Å². The molecule has 0 bridgehead atoms. The van der Waals surface area contributed by atoms with Gasteiger partial charge in [0.15, 0.2) is 5.43 Å². The zero-order valence-corrected chi connectivity index (χ0v) is 11.5. The van der Waals surface area contributed by atoms with Crippen molar-refractivity contribution >= 4 is 22.1 Å². The van der Waals surface area contributed by atoms with Gasteiger partial charge in [-0.05, 0) is 17.7 Å². The molecule has 0 spiro atoms. The molecule has 4 rings (SSSR count). The number of rotatable bonds is 1. The Morgan fingerprint density at radius 2 is 1.59 bits per heavy atom. The third kappa shape index (κ3) is 1.85. The van der Waals surface area contributed by atoms with Gasteiger partial charge in [-0.25, -0.2) is 0 Å². The van der Waals surface area contributed by atoms with Gasteiger partial charge in [-0.1, -0.05) is 42.5 Å². The van der Waals surface area contributed by atoms with Gasteiger partial charge in [0.2, 0.25) is 11.1 Å². The highest BCUT2D eigenvalue weighted by Crippen LogP contribution is 2.19. The number of nitrogens with one attached hydrogen (secondary N) is 1. The van der Waals surface area contributed by atoms with Gasteiger partial charge in [-0.3, -0.25) is 9.59 Å². The molecule has 22 heavy (non-hydrogen) atoms. The average molecular weight is 289 g/mol. The molecule has 2 heterocycles. The molecule has 0 atom stereocenters. The molecule has 4 heteroatoms. The van der Waals surface area contributed by atoms with Crippen LogP contribution < -0.4 is 10.9 Å². The molecular weight excluding hydrogens is 278 g/mol. The van der Waals surface area contributed by atoms with Crippen molar-refractivity contribution in [3.05, 3.63) is 81.1 Å². The highest BCUT2D eigenvalue weighted by Gasteiger charge is 2.12. The van der Waals surface area contributed by atoms with Gasteiger partial charge in [0.1, 0.15) is 11.0 Å². The number of hydrogen-bond acceptors (Lipinski definition) is 3. The maximum absolute atomic E-state index is 12.5. The Balaban J connectivity index is 2.13. The summed E-state index contributed by atoms with van der Waals surface area (Å²) in [5.74, 6) is 0. The van der Waals surface area contributed by atoms with Crippen molar-refractivity contribution in [2.24, 2.45) is 0 Å². The fourth-order valence-corrected chi connectivity index (χ4v) is 2.59. The van der Waals surface area contributed by atoms with Gasteiger partial charge in [0.25, 0.3) is 0 Å². The van der Waals surface area contributed by atoms with E-state index in [4.69, 9.17) is 4.42 Å². The van der Waals surface area contributed by atoms with Crippen LogP contribution in [0.2, 0.25) is 0 Å². The molecule has 2 aromatic heterocycles. The Morgan fingerprint density at radius 1 is 0.864 bits per heavy atom. The molecular formula is C18H11NO3. The van der Waals surface area contributed by atoms with Crippen LogP contribution in [0.3, 0.4) is 0 Å². The molecule has 0 fully saturated rings. The van der Waals surface area contributed by atoms with Gasteiger partial charge >= 0.3 is 0 Å². The van der Waals surface area contributed by atoms with Crippen LogP contribution in [0.25, 0.3) is 33.3 Å². The van der Waals surface area contributed by atoms with Gasteiger partial charge in [-0.2, -0.15) is 0 Å². The predicted octanol–water partition coefficient (Wildman–Crippen LogP) is 3.30. The molecule has 4 nitrogen and oxygen atoms in total. The quantitative estimate of drug-likeness (QED) is 0.547. The fraction of sp³-hybridized carbons (Fsp3) is 0. The van der Waals surface area contributed by atoms with Crippen molar-refractivity contribution in [2.75, 3.05) is 0 Å². The summed E-state index contributed by atoms with van der Waals surface area (Å²) in [6.07, 6.45) is 0. The number of para-hydroxylation sites is 1. The van der Waals surface area contributed by atoms with Crippen LogP contribution in [0, 0.1) is 0 Å². The molecule has 1 N–H and O–H groups in total. The summed E-state index contributed by atoms with van der Waals surface area (Å²) in [4.78, 5) is 27.9. The van der Waals surface area contributed by atoms with Crippen LogP contribution >= 0.6 is 0 Å². The van der Waals surface area contributed by atoms with Crippen molar-refractivity contribution < 1.29 is 4.42 Å². The fourth-order valence-electron chi connectivity index (χ4n) is 2.59. The summed E-state index contributed by atoms with van der Waals surface area (Å²) in [5.41, 5.74) is 1.49. The van der Waals surface area contributed by atoms with Gasteiger partial charge in [-0.15, -0.1) is 0 Å². The zero-order chi connectivity index (χ0) is 15.1. The van der Waals surface area contributed by atoms with Gasteiger partial charge in [0.05, 0.1) is 11.1 Å². The van der Waals surface area contributed by atoms with Crippen molar-refractivity contribution in [1.82, 2.24) is 4.98 Å². The minimum atomic E-state index is -0.341. The van der Waals surface area contributed by atoms with E-state index in [1.165, 1.54) is 6.07 Å². The van der Waals surface area contributed by atoms with E-state index >= 15 is 0 Å². The molecule has 0 radical (unpaired) electrons. The van der Waals surface area contributed by atoms with Crippen molar-refractivity contribution in [2.45, 2.75) is 0 Å². The molecule has 0 saturated carbocycles. The maximum Gasteiger partial charge on any atom is 0.213 e. The second-order valence-electron chi connectivity index (χ2n) is 5.04. The number of H-pyrrole nitrogens is 1. The van der Waals surface area contributed by atoms with Gasteiger partial charge in [0, 0.05) is 6.07 Å². The van der Waals surface area contributed by atoms with Crippen LogP contribution in [-0.4, -0.2) is 4.98 Å². The van der Waals surface area contributed by atoms with E-state index in [2.05, 4.69) is 4.98 Å². The lowest BCUT2D eigenvalue weighted by molar-refractivity contribution is 0.645. The van der Waals surface area contributed by atoms with Crippen LogP contribution in [0.1, 0.15) is 0 Å². The molecule has 0 aliphatic carbocycles. The first-order valence-corrected chi connectivity index (χ1v) is 6.88. The smallest absolute Gasteiger partial charge is 0.213 e. The third-order valence-corrected chi connectivity index (χ3v) is 3.65. The summed E-state index contributed by atoms with van der Waals surface area (Å²) in [6, 6.07) is 17.8. The van der Waals surface area contributed by atoms with E-state index in [1.807, 2.05) is 30.3 Å². The highest BCUT2D eigenvalue weighted by atomic mass is 16.3. The lowest BCUT2D eigenvalue weighted by Crippen LogP contribution is -2.14. The van der Waals surface area contributed by atoms with E-state index in [-0.39, 0.29) is 22.0 Å². The molecule has 106 valence electrons. The first-order chi connectivity index (χ1) is 10.7. The number of pyridine rings is 1. The Morgan fingerprint density at radius 3 is 2.41 bits per heavy atom. The van der Waals surface area contributed by atoms with E-state index < -0.39 is 0 Å². The Kier molecular flexibility index (Phi) is 2.69. The Hall–Kier alpha value is -3.14. The maximum atomic E-state index is 12.5. The van der Waals surface area contributed by atoms with E-state index in [9.17, 15) is 9.59 Å². The zero-order valence-electron chi connectivity index (χ0n) is 11.5. The predicted molar refractivity (Wildman–Crippen MR) is 86.0 cm³/mol. The summed E-state index contributed by atoms with van der Waals surface area (Å²) in [7, 11) is 0. The van der Waals surface area contributed by atoms with E-state index in [0.29, 0.717) is 16.7 Å². The molecule has 0 unspecified atom stereocenters. The highest BCUT2D eigenvalue weighted by molar-refractivity contribution is 5.88. The standard InChI is InChI=1S/C18H11NO3/c20-14-10-13(11-6-2-1-3-7-11)19-18-16(14)17(21)12-8-4-5-9-15(12)22-18/h1-10H,(H,19,20). The lowest BCUT2D eigenvalue weighted by Gasteiger charge is -2.05. The van der Waals surface area contributed by atoms with Crippen LogP contribution in [0.15, 0.2) is 74.7 Å². The summed E-state index contributed by atoms with van der Waals surface area (Å²) in [6.45, 7) is 0. The SMILES string of the molecule is O=c1cc(-c2ccccc2)[nH]c2oc3ccccc3c(=O)c12. The number of fused-ring (bicyclic) bond motifs is 2. The normalized spacial score (nSPS) is 11.1. The molecule has 0 aliphatic heterocycles. The molecule has 0 amide bonds. The number of benzene rings is 2. The van der Waals surface area contributed by atoms with Gasteiger partial charge < -0.3 is 9.40 Å². The Labute approximate surface area is 124 Å². The van der Waals surface area contributed by atoms with E-state index in [0.717, 1.165) is 5.56 Å². The number of aromatic amines is 1. The minimum Gasteiger partial charge on any atom is -0.439 e. The second kappa shape index (κ2) is 4.70. The first-order valence-electron chi connectivity index (χ1n) is 6.88. The summed E-state index contributed by atoms with van der Waals surface area (Å²) in [5, 5.41) is 0.464. The first kappa shape index (κ1) is 12.6. The Bertz CT molecular complexity index is 1110. The van der Waals surface area contributed by atoms with Crippen molar-refractivity contribution in [3.8, 4) is 11.3 Å². The van der Waals surface area contributed by atoms with Crippen molar-refractivity contribution in [3.63, 3.8) is 0 Å². The topological polar surface area (TPSA) is 63.1 Å². The monoisotopic (exact) mass is 289 g/mol. The van der Waals surface area contributed by atoms with Crippen LogP contribution in [0.4, 0.5) is 0 Å². The summed E-state index contributed by atoms with van der Waals surface area (Å²) < 4.78 is 5.71.